The van der Waals surface area contributed by atoms with E-state index in [2.05, 4.69) is 10.6 Å². The van der Waals surface area contributed by atoms with Gasteiger partial charge in [0.25, 0.3) is 11.8 Å². The Morgan fingerprint density at radius 3 is 2.77 bits per heavy atom. The van der Waals surface area contributed by atoms with Crippen LogP contribution in [0.3, 0.4) is 0 Å². The first-order valence-corrected chi connectivity index (χ1v) is 11.8. The lowest BCUT2D eigenvalue weighted by molar-refractivity contribution is -0.133. The third-order valence-corrected chi connectivity index (χ3v) is 6.39. The molecule has 2 aromatic carbocycles. The molecule has 0 bridgehead atoms. The fraction of sp³-hybridized carbons (Fsp3) is 0.423. The number of benzene rings is 2. The van der Waals surface area contributed by atoms with Crippen LogP contribution in [0.15, 0.2) is 42.5 Å². The molecule has 0 saturated carbocycles. The first-order valence-electron chi connectivity index (χ1n) is 11.8. The zero-order valence-corrected chi connectivity index (χ0v) is 20.2. The molecule has 1 saturated heterocycles. The lowest BCUT2D eigenvalue weighted by atomic mass is 9.94. The van der Waals surface area contributed by atoms with Crippen molar-refractivity contribution in [2.45, 2.75) is 44.4 Å². The van der Waals surface area contributed by atoms with Crippen LogP contribution in [-0.4, -0.2) is 68.2 Å². The highest BCUT2D eigenvalue weighted by atomic mass is 16.5. The van der Waals surface area contributed by atoms with Gasteiger partial charge in [0, 0.05) is 24.8 Å². The Morgan fingerprint density at radius 1 is 1.17 bits per heavy atom. The Kier molecular flexibility index (Phi) is 7.55. The van der Waals surface area contributed by atoms with Gasteiger partial charge in [-0.15, -0.1) is 0 Å². The van der Waals surface area contributed by atoms with Gasteiger partial charge >= 0.3 is 0 Å². The van der Waals surface area contributed by atoms with Crippen LogP contribution in [0, 0.1) is 0 Å². The van der Waals surface area contributed by atoms with E-state index in [9.17, 15) is 14.4 Å². The Balaban J connectivity index is 1.49. The molecule has 0 radical (unpaired) electrons. The number of hydrogen-bond donors (Lipinski definition) is 2. The van der Waals surface area contributed by atoms with Gasteiger partial charge in [0.15, 0.2) is 0 Å². The summed E-state index contributed by atoms with van der Waals surface area (Å²) in [7, 11) is 3.30. The van der Waals surface area contributed by atoms with Crippen molar-refractivity contribution in [1.29, 1.82) is 0 Å². The summed E-state index contributed by atoms with van der Waals surface area (Å²) < 4.78 is 17.3. The molecule has 0 spiro atoms. The Hall–Kier alpha value is -3.59. The number of nitrogens with one attached hydrogen (secondary N) is 2. The van der Waals surface area contributed by atoms with Gasteiger partial charge in [-0.3, -0.25) is 14.4 Å². The topological polar surface area (TPSA) is 106 Å². The van der Waals surface area contributed by atoms with Crippen molar-refractivity contribution in [2.24, 2.45) is 0 Å². The van der Waals surface area contributed by atoms with E-state index >= 15 is 0 Å². The molecule has 3 atom stereocenters. The number of amides is 3. The number of carbonyl (C=O) groups excluding carboxylic acids is 3. The zero-order chi connectivity index (χ0) is 24.9. The summed E-state index contributed by atoms with van der Waals surface area (Å²) in [5.74, 6) is 0.446. The molecule has 2 heterocycles. The van der Waals surface area contributed by atoms with Crippen molar-refractivity contribution < 1.29 is 28.6 Å². The summed E-state index contributed by atoms with van der Waals surface area (Å²) in [6.07, 6.45) is 1.14. The van der Waals surface area contributed by atoms with Gasteiger partial charge in [0.2, 0.25) is 5.91 Å². The van der Waals surface area contributed by atoms with E-state index in [1.807, 2.05) is 6.92 Å². The smallest absolute Gasteiger partial charge is 0.257 e. The van der Waals surface area contributed by atoms with Gasteiger partial charge in [-0.25, -0.2) is 0 Å². The van der Waals surface area contributed by atoms with Crippen LogP contribution in [0.4, 0.5) is 5.69 Å². The average molecular weight is 482 g/mol. The summed E-state index contributed by atoms with van der Waals surface area (Å²) >= 11 is 0. The standard InChI is InChI=1S/C26H31N3O6/c1-4-27-24(30)14-19-9-10-21-23(35-19)15-34-22-11-8-17(13-20(22)26(32)29(21)2)28-25(31)16-6-5-7-18(12-16)33-3/h5-8,11-13,19,21,23H,4,9-10,14-15H2,1-3H3,(H,27,30)(H,28,31)/t19-,21+,23-/m0/s1. The number of nitrogens with zero attached hydrogens (tertiary/aromatic N) is 1. The summed E-state index contributed by atoms with van der Waals surface area (Å²) in [6.45, 7) is 2.72. The molecule has 2 aromatic rings. The maximum absolute atomic E-state index is 13.4. The molecular formula is C26H31N3O6. The molecule has 9 heteroatoms. The monoisotopic (exact) mass is 481 g/mol. The average Bonchev–Trinajstić information content (AvgIpc) is 2.86. The van der Waals surface area contributed by atoms with Crippen LogP contribution in [-0.2, 0) is 9.53 Å². The van der Waals surface area contributed by atoms with Gasteiger partial charge in [0.05, 0.1) is 31.2 Å². The van der Waals surface area contributed by atoms with Crippen molar-refractivity contribution in [3.8, 4) is 11.5 Å². The molecule has 2 N–H and O–H groups in total. The molecule has 9 nitrogen and oxygen atoms in total. The molecular weight excluding hydrogens is 450 g/mol. The highest BCUT2D eigenvalue weighted by Crippen LogP contribution is 2.32. The number of likely N-dealkylation sites (N-methyl/N-ethyl adjacent to an activating group) is 1. The minimum atomic E-state index is -0.335. The fourth-order valence-corrected chi connectivity index (χ4v) is 4.55. The molecule has 2 aliphatic heterocycles. The Labute approximate surface area is 204 Å². The van der Waals surface area contributed by atoms with E-state index < -0.39 is 0 Å². The highest BCUT2D eigenvalue weighted by Gasteiger charge is 2.39. The van der Waals surface area contributed by atoms with E-state index in [4.69, 9.17) is 14.2 Å². The Bertz CT molecular complexity index is 1100. The lowest BCUT2D eigenvalue weighted by Crippen LogP contribution is -2.54. The molecule has 2 aliphatic rings. The van der Waals surface area contributed by atoms with Crippen LogP contribution in [0.5, 0.6) is 11.5 Å². The maximum atomic E-state index is 13.4. The summed E-state index contributed by atoms with van der Waals surface area (Å²) in [5, 5.41) is 5.64. The number of hydrogen-bond acceptors (Lipinski definition) is 6. The normalized spacial score (nSPS) is 21.5. The second kappa shape index (κ2) is 10.8. The van der Waals surface area contributed by atoms with E-state index in [1.54, 1.807) is 61.5 Å². The minimum absolute atomic E-state index is 0.0407. The van der Waals surface area contributed by atoms with E-state index in [0.29, 0.717) is 54.1 Å². The van der Waals surface area contributed by atoms with Gasteiger partial charge in [0.1, 0.15) is 24.2 Å². The maximum Gasteiger partial charge on any atom is 0.257 e. The summed E-state index contributed by atoms with van der Waals surface area (Å²) in [6, 6.07) is 11.7. The molecule has 0 aromatic heterocycles. The number of anilines is 1. The van der Waals surface area contributed by atoms with Gasteiger partial charge < -0.3 is 29.7 Å². The largest absolute Gasteiger partial charge is 0.497 e. The summed E-state index contributed by atoms with van der Waals surface area (Å²) in [5.41, 5.74) is 1.31. The first-order chi connectivity index (χ1) is 16.9. The van der Waals surface area contributed by atoms with Crippen molar-refractivity contribution in [3.05, 3.63) is 53.6 Å². The van der Waals surface area contributed by atoms with Crippen LogP contribution in [0.25, 0.3) is 0 Å². The molecule has 1 fully saturated rings. The molecule has 35 heavy (non-hydrogen) atoms. The van der Waals surface area contributed by atoms with Crippen LogP contribution in [0.2, 0.25) is 0 Å². The third kappa shape index (κ3) is 5.57. The number of fused-ring (bicyclic) bond motifs is 2. The number of rotatable bonds is 6. The predicted octanol–water partition coefficient (Wildman–Crippen LogP) is 2.85. The molecule has 0 unspecified atom stereocenters. The van der Waals surface area contributed by atoms with E-state index in [-0.39, 0.29) is 42.6 Å². The SMILES string of the molecule is CCNC(=O)C[C@@H]1CC[C@@H]2[C@H](COc3ccc(NC(=O)c4cccc(OC)c4)cc3C(=O)N2C)O1. The highest BCUT2D eigenvalue weighted by molar-refractivity contribution is 6.05. The minimum Gasteiger partial charge on any atom is -0.497 e. The molecule has 186 valence electrons. The second-order valence-electron chi connectivity index (χ2n) is 8.72. The first kappa shape index (κ1) is 24.5. The van der Waals surface area contributed by atoms with Gasteiger partial charge in [-0.1, -0.05) is 6.07 Å². The quantitative estimate of drug-likeness (QED) is 0.657. The lowest BCUT2D eigenvalue weighted by Gasteiger charge is -2.42. The van der Waals surface area contributed by atoms with Crippen LogP contribution >= 0.6 is 0 Å². The van der Waals surface area contributed by atoms with Crippen molar-refractivity contribution in [2.75, 3.05) is 32.6 Å². The van der Waals surface area contributed by atoms with Crippen molar-refractivity contribution >= 4 is 23.4 Å². The van der Waals surface area contributed by atoms with Crippen molar-refractivity contribution in [3.63, 3.8) is 0 Å². The number of carbonyl (C=O) groups is 3. The Morgan fingerprint density at radius 2 is 2.00 bits per heavy atom. The van der Waals surface area contributed by atoms with E-state index in [0.717, 1.165) is 0 Å². The number of ether oxygens (including phenoxy) is 3. The van der Waals surface area contributed by atoms with Crippen molar-refractivity contribution in [1.82, 2.24) is 10.2 Å². The molecule has 3 amide bonds. The molecule has 4 rings (SSSR count). The predicted molar refractivity (Wildman–Crippen MR) is 130 cm³/mol. The van der Waals surface area contributed by atoms with Gasteiger partial charge in [-0.2, -0.15) is 0 Å². The fourth-order valence-electron chi connectivity index (χ4n) is 4.55. The zero-order valence-electron chi connectivity index (χ0n) is 20.2. The third-order valence-electron chi connectivity index (χ3n) is 6.39. The van der Waals surface area contributed by atoms with Gasteiger partial charge in [-0.05, 0) is 56.2 Å². The van der Waals surface area contributed by atoms with Crippen LogP contribution < -0.4 is 20.1 Å². The number of methoxy groups -OCH3 is 1. The second-order valence-corrected chi connectivity index (χ2v) is 8.72. The van der Waals surface area contributed by atoms with Crippen LogP contribution in [0.1, 0.15) is 46.9 Å². The summed E-state index contributed by atoms with van der Waals surface area (Å²) in [4.78, 5) is 39.8. The molecule has 0 aliphatic carbocycles. The van der Waals surface area contributed by atoms with E-state index in [1.165, 1.54) is 0 Å².